The minimum atomic E-state index is -0.665. The maximum Gasteiger partial charge on any atom is 0.305 e. The largest absolute Gasteiger partial charge is 0.466 e. The molecular weight excluding hydrogens is 923 g/mol. The molecule has 3 N–H and O–H groups in total. The van der Waals surface area contributed by atoms with E-state index in [1.54, 1.807) is 0 Å². The van der Waals surface area contributed by atoms with Gasteiger partial charge in [0.2, 0.25) is 5.91 Å². The number of rotatable bonds is 64. The summed E-state index contributed by atoms with van der Waals surface area (Å²) in [5.74, 6) is -0.0266. The number of hydrogen-bond donors (Lipinski definition) is 3. The van der Waals surface area contributed by atoms with Crippen molar-refractivity contribution >= 4 is 11.9 Å². The molecular formula is C69H133NO5. The molecule has 1 amide bonds. The third-order valence-corrected chi connectivity index (χ3v) is 16.0. The third-order valence-electron chi connectivity index (χ3n) is 16.0. The number of nitrogens with one attached hydrogen (secondary N) is 1. The van der Waals surface area contributed by atoms with Gasteiger partial charge in [-0.3, -0.25) is 9.59 Å². The summed E-state index contributed by atoms with van der Waals surface area (Å²) < 4.78 is 5.47. The van der Waals surface area contributed by atoms with Crippen molar-refractivity contribution in [1.29, 1.82) is 0 Å². The van der Waals surface area contributed by atoms with Gasteiger partial charge < -0.3 is 20.3 Å². The van der Waals surface area contributed by atoms with Crippen LogP contribution in [0.4, 0.5) is 0 Å². The second kappa shape index (κ2) is 64.9. The number of aliphatic hydroxyl groups excluding tert-OH is 2. The van der Waals surface area contributed by atoms with Gasteiger partial charge in [0.15, 0.2) is 0 Å². The molecule has 0 saturated heterocycles. The molecule has 0 spiro atoms. The molecule has 2 unspecified atom stereocenters. The molecule has 0 aromatic heterocycles. The Morgan fingerprint density at radius 2 is 0.627 bits per heavy atom. The summed E-state index contributed by atoms with van der Waals surface area (Å²) in [6.07, 6.45) is 80.7. The van der Waals surface area contributed by atoms with E-state index >= 15 is 0 Å². The van der Waals surface area contributed by atoms with Gasteiger partial charge in [0.05, 0.1) is 25.4 Å². The molecule has 75 heavy (non-hydrogen) atoms. The smallest absolute Gasteiger partial charge is 0.305 e. The Bertz CT molecular complexity index is 1170. The van der Waals surface area contributed by atoms with E-state index in [-0.39, 0.29) is 18.5 Å². The Kier molecular flexibility index (Phi) is 63.4. The van der Waals surface area contributed by atoms with Crippen LogP contribution >= 0.6 is 0 Å². The molecule has 0 heterocycles. The number of ether oxygens (including phenoxy) is 1. The van der Waals surface area contributed by atoms with Crippen molar-refractivity contribution in [2.24, 2.45) is 0 Å². The Hall–Kier alpha value is -1.66. The van der Waals surface area contributed by atoms with E-state index < -0.39 is 12.1 Å². The number of allylic oxidation sites excluding steroid dienone is 4. The van der Waals surface area contributed by atoms with Crippen LogP contribution in [0.25, 0.3) is 0 Å². The monoisotopic (exact) mass is 1060 g/mol. The van der Waals surface area contributed by atoms with Crippen molar-refractivity contribution in [3.63, 3.8) is 0 Å². The Labute approximate surface area is 469 Å². The number of carbonyl (C=O) groups is 2. The lowest BCUT2D eigenvalue weighted by Crippen LogP contribution is -2.45. The summed E-state index contributed by atoms with van der Waals surface area (Å²) in [5, 5.41) is 23.4. The molecule has 6 heteroatoms. The first-order valence-electron chi connectivity index (χ1n) is 34.1. The van der Waals surface area contributed by atoms with Crippen LogP contribution in [0.15, 0.2) is 24.3 Å². The van der Waals surface area contributed by atoms with Gasteiger partial charge in [-0.15, -0.1) is 0 Å². The highest BCUT2D eigenvalue weighted by Gasteiger charge is 2.20. The lowest BCUT2D eigenvalue weighted by atomic mass is 10.0. The fourth-order valence-corrected chi connectivity index (χ4v) is 10.7. The van der Waals surface area contributed by atoms with Crippen molar-refractivity contribution in [2.75, 3.05) is 13.2 Å². The van der Waals surface area contributed by atoms with E-state index in [1.807, 2.05) is 0 Å². The highest BCUT2D eigenvalue weighted by atomic mass is 16.5. The van der Waals surface area contributed by atoms with Gasteiger partial charge in [0.1, 0.15) is 0 Å². The van der Waals surface area contributed by atoms with Gasteiger partial charge in [0.25, 0.3) is 0 Å². The average molecular weight is 1060 g/mol. The summed E-state index contributed by atoms with van der Waals surface area (Å²) >= 11 is 0. The second-order valence-electron chi connectivity index (χ2n) is 23.5. The number of hydrogen-bond acceptors (Lipinski definition) is 5. The molecule has 2 atom stereocenters. The Morgan fingerprint density at radius 3 is 0.973 bits per heavy atom. The molecule has 0 aromatic carbocycles. The summed E-state index contributed by atoms with van der Waals surface area (Å²) in [6.45, 7) is 4.96. The first-order valence-corrected chi connectivity index (χ1v) is 34.1. The summed E-state index contributed by atoms with van der Waals surface area (Å²) in [5.41, 5.74) is 0. The Balaban J connectivity index is 3.39. The SMILES string of the molecule is CCCCC/C=C\CCCCCCCC(=O)OCCCCCCCCCCCCCC/C=C\CCCCCCCCCCCCCC(=O)NC(CO)C(O)CCCCCCCCCCCCCCCCCCCCC. The second-order valence-corrected chi connectivity index (χ2v) is 23.5. The van der Waals surface area contributed by atoms with Gasteiger partial charge >= 0.3 is 5.97 Å². The van der Waals surface area contributed by atoms with Crippen molar-refractivity contribution in [3.8, 4) is 0 Å². The zero-order valence-corrected chi connectivity index (χ0v) is 50.8. The van der Waals surface area contributed by atoms with Crippen molar-refractivity contribution < 1.29 is 24.5 Å². The first-order chi connectivity index (χ1) is 37.0. The Morgan fingerprint density at radius 1 is 0.360 bits per heavy atom. The predicted molar refractivity (Wildman–Crippen MR) is 329 cm³/mol. The van der Waals surface area contributed by atoms with Gasteiger partial charge in [-0.05, 0) is 77.0 Å². The van der Waals surface area contributed by atoms with Gasteiger partial charge in [-0.25, -0.2) is 0 Å². The van der Waals surface area contributed by atoms with Crippen LogP contribution in [0.3, 0.4) is 0 Å². The topological polar surface area (TPSA) is 95.9 Å². The van der Waals surface area contributed by atoms with Crippen LogP contribution in [0.5, 0.6) is 0 Å². The fourth-order valence-electron chi connectivity index (χ4n) is 10.7. The number of unbranched alkanes of at least 4 members (excludes halogenated alkanes) is 49. The maximum atomic E-state index is 12.5. The number of carbonyl (C=O) groups excluding carboxylic acids is 2. The molecule has 444 valence electrons. The van der Waals surface area contributed by atoms with Gasteiger partial charge in [-0.2, -0.15) is 0 Å². The van der Waals surface area contributed by atoms with Crippen molar-refractivity contribution in [3.05, 3.63) is 24.3 Å². The van der Waals surface area contributed by atoms with E-state index in [1.165, 1.54) is 302 Å². The number of amides is 1. The van der Waals surface area contributed by atoms with E-state index in [9.17, 15) is 19.8 Å². The van der Waals surface area contributed by atoms with Crippen molar-refractivity contribution in [2.45, 2.75) is 392 Å². The highest BCUT2D eigenvalue weighted by Crippen LogP contribution is 2.18. The van der Waals surface area contributed by atoms with Gasteiger partial charge in [0, 0.05) is 12.8 Å². The van der Waals surface area contributed by atoms with E-state index in [0.29, 0.717) is 25.9 Å². The average Bonchev–Trinajstić information content (AvgIpc) is 3.41. The van der Waals surface area contributed by atoms with Crippen molar-refractivity contribution in [1.82, 2.24) is 5.32 Å². The minimum absolute atomic E-state index is 0.00554. The molecule has 0 aliphatic heterocycles. The van der Waals surface area contributed by atoms with Crippen LogP contribution in [-0.4, -0.2) is 47.4 Å². The van der Waals surface area contributed by atoms with Crippen LogP contribution < -0.4 is 5.32 Å². The van der Waals surface area contributed by atoms with Crippen LogP contribution in [0, 0.1) is 0 Å². The molecule has 0 fully saturated rings. The van der Waals surface area contributed by atoms with Crippen LogP contribution in [0.1, 0.15) is 380 Å². The molecule has 0 aromatic rings. The predicted octanol–water partition coefficient (Wildman–Crippen LogP) is 21.8. The van der Waals surface area contributed by atoms with E-state index in [4.69, 9.17) is 4.74 Å². The summed E-state index contributed by atoms with van der Waals surface area (Å²) in [7, 11) is 0. The number of aliphatic hydroxyl groups is 2. The molecule has 0 aliphatic rings. The maximum absolute atomic E-state index is 12.5. The summed E-state index contributed by atoms with van der Waals surface area (Å²) in [4.78, 5) is 24.5. The lowest BCUT2D eigenvalue weighted by molar-refractivity contribution is -0.143. The summed E-state index contributed by atoms with van der Waals surface area (Å²) in [6, 6.07) is -0.542. The van der Waals surface area contributed by atoms with Crippen LogP contribution in [-0.2, 0) is 14.3 Å². The normalized spacial score (nSPS) is 12.6. The first kappa shape index (κ1) is 73.3. The van der Waals surface area contributed by atoms with E-state index in [0.717, 1.165) is 44.9 Å². The zero-order valence-electron chi connectivity index (χ0n) is 50.8. The van der Waals surface area contributed by atoms with Crippen LogP contribution in [0.2, 0.25) is 0 Å². The van der Waals surface area contributed by atoms with Gasteiger partial charge in [-0.1, -0.05) is 314 Å². The molecule has 0 rings (SSSR count). The lowest BCUT2D eigenvalue weighted by Gasteiger charge is -2.22. The molecule has 6 nitrogen and oxygen atoms in total. The standard InChI is InChI=1S/C69H133NO5/c1-3-5-7-9-11-13-15-17-18-19-29-32-35-38-41-45-49-53-57-61-67(72)66(65-71)70-68(73)62-58-54-50-46-42-39-36-33-30-27-25-23-21-20-22-24-26-28-31-34-37-40-44-48-52-56-60-64-75-69(74)63-59-55-51-47-43-16-14-12-10-8-6-4-2/h12,14,20-21,66-67,71-72H,3-11,13,15-19,22-65H2,1-2H3,(H,70,73)/b14-12-,21-20-. The minimum Gasteiger partial charge on any atom is -0.466 e. The molecule has 0 saturated carbocycles. The molecule has 0 radical (unpaired) electrons. The quantitative estimate of drug-likeness (QED) is 0.0320. The zero-order chi connectivity index (χ0) is 54.3. The molecule has 0 aliphatic carbocycles. The van der Waals surface area contributed by atoms with E-state index in [2.05, 4.69) is 43.5 Å². The fraction of sp³-hybridized carbons (Fsp3) is 0.913. The number of esters is 1. The third kappa shape index (κ3) is 61.4. The highest BCUT2D eigenvalue weighted by molar-refractivity contribution is 5.76. The molecule has 0 bridgehead atoms.